The van der Waals surface area contributed by atoms with Gasteiger partial charge in [-0.05, 0) is 78.8 Å². The lowest BCUT2D eigenvalue weighted by molar-refractivity contribution is -0.124. The first-order valence-electron chi connectivity index (χ1n) is 11.2. The second-order valence-electron chi connectivity index (χ2n) is 8.23. The van der Waals surface area contributed by atoms with Crippen LogP contribution in [0, 0.1) is 5.82 Å². The summed E-state index contributed by atoms with van der Waals surface area (Å²) in [5.41, 5.74) is 1.69. The van der Waals surface area contributed by atoms with Crippen LogP contribution < -0.4 is 15.0 Å². The van der Waals surface area contributed by atoms with Crippen molar-refractivity contribution in [3.63, 3.8) is 0 Å². The third-order valence-corrected chi connectivity index (χ3v) is 7.16. The standard InChI is InChI=1S/C26H21Cl3FN3O3S/c1-36-23-9-8-19(13-21(23)29)33-25(35)22(14-24(34)31-18-6-4-17(30)5-7-18)32(26(33)37)11-10-15-2-3-16(27)12-20(15)28/h2-9,12-13,22H,10-11,14H2,1H3,(H,31,34)/t22-/m0/s1. The number of hydrogen-bond acceptors (Lipinski definition) is 4. The minimum Gasteiger partial charge on any atom is -0.495 e. The lowest BCUT2D eigenvalue weighted by Crippen LogP contribution is -2.39. The fourth-order valence-corrected chi connectivity index (χ4v) is 5.17. The predicted octanol–water partition coefficient (Wildman–Crippen LogP) is 6.37. The normalized spacial score (nSPS) is 15.3. The number of hydrogen-bond donors (Lipinski definition) is 1. The molecule has 3 aromatic carbocycles. The molecule has 1 N–H and O–H groups in total. The molecule has 1 heterocycles. The minimum atomic E-state index is -0.875. The second-order valence-corrected chi connectivity index (χ2v) is 9.85. The van der Waals surface area contributed by atoms with Crippen LogP contribution in [-0.2, 0) is 16.0 Å². The number of carbonyl (C=O) groups excluding carboxylic acids is 2. The summed E-state index contributed by atoms with van der Waals surface area (Å²) < 4.78 is 18.4. The highest BCUT2D eigenvalue weighted by Gasteiger charge is 2.44. The molecule has 0 aromatic heterocycles. The van der Waals surface area contributed by atoms with Gasteiger partial charge in [0.1, 0.15) is 17.6 Å². The summed E-state index contributed by atoms with van der Waals surface area (Å²) in [5.74, 6) is -0.762. The largest absolute Gasteiger partial charge is 0.495 e. The fraction of sp³-hybridized carbons (Fsp3) is 0.192. The molecule has 1 atom stereocenters. The maximum atomic E-state index is 13.6. The molecule has 4 rings (SSSR count). The molecule has 3 aromatic rings. The molecule has 0 spiro atoms. The van der Waals surface area contributed by atoms with Crippen molar-refractivity contribution >= 4 is 75.3 Å². The number of nitrogens with one attached hydrogen (secondary N) is 1. The van der Waals surface area contributed by atoms with Gasteiger partial charge in [0.2, 0.25) is 5.91 Å². The summed E-state index contributed by atoms with van der Waals surface area (Å²) in [6, 6.07) is 14.6. The maximum absolute atomic E-state index is 13.6. The Labute approximate surface area is 233 Å². The Bertz CT molecular complexity index is 1360. The number of rotatable bonds is 8. The van der Waals surface area contributed by atoms with E-state index in [1.807, 2.05) is 6.07 Å². The molecule has 6 nitrogen and oxygen atoms in total. The van der Waals surface area contributed by atoms with Crippen LogP contribution in [0.1, 0.15) is 12.0 Å². The lowest BCUT2D eigenvalue weighted by Gasteiger charge is -2.24. The van der Waals surface area contributed by atoms with Gasteiger partial charge in [-0.3, -0.25) is 14.5 Å². The Kier molecular flexibility index (Phi) is 8.54. The highest BCUT2D eigenvalue weighted by atomic mass is 35.5. The number of benzene rings is 3. The van der Waals surface area contributed by atoms with Crippen LogP contribution in [0.2, 0.25) is 15.1 Å². The summed E-state index contributed by atoms with van der Waals surface area (Å²) in [6.07, 6.45) is 0.280. The van der Waals surface area contributed by atoms with Gasteiger partial charge < -0.3 is 15.0 Å². The average molecular weight is 581 g/mol. The molecule has 37 heavy (non-hydrogen) atoms. The Balaban J connectivity index is 1.59. The van der Waals surface area contributed by atoms with Crippen molar-refractivity contribution in [2.45, 2.75) is 18.9 Å². The van der Waals surface area contributed by atoms with Crippen molar-refractivity contribution in [2.24, 2.45) is 0 Å². The summed E-state index contributed by atoms with van der Waals surface area (Å²) >= 11 is 24.3. The van der Waals surface area contributed by atoms with Crippen LogP contribution >= 0.6 is 47.0 Å². The number of halogens is 4. The van der Waals surface area contributed by atoms with Gasteiger partial charge in [0, 0.05) is 22.3 Å². The number of amides is 2. The molecule has 1 aliphatic rings. The first kappa shape index (κ1) is 27.1. The van der Waals surface area contributed by atoms with E-state index in [1.54, 1.807) is 35.2 Å². The lowest BCUT2D eigenvalue weighted by atomic mass is 10.1. The van der Waals surface area contributed by atoms with Crippen molar-refractivity contribution in [1.29, 1.82) is 0 Å². The number of methoxy groups -OCH3 is 1. The van der Waals surface area contributed by atoms with Crippen LogP contribution in [0.25, 0.3) is 0 Å². The van der Waals surface area contributed by atoms with Crippen molar-refractivity contribution < 1.29 is 18.7 Å². The summed E-state index contributed by atoms with van der Waals surface area (Å²) in [5, 5.41) is 4.25. The fourth-order valence-electron chi connectivity index (χ4n) is 4.01. The zero-order valence-electron chi connectivity index (χ0n) is 19.5. The zero-order valence-corrected chi connectivity index (χ0v) is 22.6. The Morgan fingerprint density at radius 3 is 2.43 bits per heavy atom. The summed E-state index contributed by atoms with van der Waals surface area (Å²) in [6.45, 7) is 0.320. The number of carbonyl (C=O) groups is 2. The van der Waals surface area contributed by atoms with E-state index in [1.165, 1.54) is 36.3 Å². The number of nitrogens with zero attached hydrogens (tertiary/aromatic N) is 2. The van der Waals surface area contributed by atoms with E-state index in [-0.39, 0.29) is 17.4 Å². The van der Waals surface area contributed by atoms with Gasteiger partial charge in [0.25, 0.3) is 5.91 Å². The van der Waals surface area contributed by atoms with E-state index in [2.05, 4.69) is 5.32 Å². The first-order valence-corrected chi connectivity index (χ1v) is 12.7. The monoisotopic (exact) mass is 579 g/mol. The van der Waals surface area contributed by atoms with Crippen molar-refractivity contribution in [3.05, 3.63) is 87.1 Å². The van der Waals surface area contributed by atoms with E-state index in [0.29, 0.717) is 45.2 Å². The van der Waals surface area contributed by atoms with Crippen molar-refractivity contribution in [1.82, 2.24) is 4.90 Å². The van der Waals surface area contributed by atoms with Gasteiger partial charge in [-0.25, -0.2) is 4.39 Å². The number of thiocarbonyl (C=S) groups is 1. The highest BCUT2D eigenvalue weighted by Crippen LogP contribution is 2.34. The summed E-state index contributed by atoms with van der Waals surface area (Å²) in [7, 11) is 1.49. The van der Waals surface area contributed by atoms with Gasteiger partial charge in [-0.1, -0.05) is 40.9 Å². The van der Waals surface area contributed by atoms with Gasteiger partial charge in [0.15, 0.2) is 5.11 Å². The Morgan fingerprint density at radius 1 is 1.05 bits per heavy atom. The average Bonchev–Trinajstić information content (AvgIpc) is 3.08. The molecule has 0 saturated carbocycles. The third-order valence-electron chi connectivity index (χ3n) is 5.86. The Morgan fingerprint density at radius 2 is 1.78 bits per heavy atom. The highest BCUT2D eigenvalue weighted by molar-refractivity contribution is 7.80. The maximum Gasteiger partial charge on any atom is 0.256 e. The number of ether oxygens (including phenoxy) is 1. The molecule has 0 unspecified atom stereocenters. The van der Waals surface area contributed by atoms with Crippen LogP contribution in [0.3, 0.4) is 0 Å². The van der Waals surface area contributed by atoms with E-state index < -0.39 is 17.8 Å². The van der Waals surface area contributed by atoms with E-state index in [0.717, 1.165) is 5.56 Å². The molecule has 2 amide bonds. The van der Waals surface area contributed by atoms with E-state index >= 15 is 0 Å². The van der Waals surface area contributed by atoms with Gasteiger partial charge >= 0.3 is 0 Å². The SMILES string of the molecule is COc1ccc(N2C(=O)[C@H](CC(=O)Nc3ccc(F)cc3)N(CCc3ccc(Cl)cc3Cl)C2=S)cc1Cl. The van der Waals surface area contributed by atoms with Gasteiger partial charge in [-0.2, -0.15) is 0 Å². The molecule has 1 aliphatic heterocycles. The topological polar surface area (TPSA) is 61.9 Å². The van der Waals surface area contributed by atoms with Crippen molar-refractivity contribution in [3.8, 4) is 5.75 Å². The smallest absolute Gasteiger partial charge is 0.256 e. The molecule has 0 aliphatic carbocycles. The molecule has 0 radical (unpaired) electrons. The Hall–Kier alpha value is -2.91. The molecule has 1 fully saturated rings. The molecule has 1 saturated heterocycles. The molecular weight excluding hydrogens is 560 g/mol. The molecule has 11 heteroatoms. The summed E-state index contributed by atoms with van der Waals surface area (Å²) in [4.78, 5) is 29.5. The second kappa shape index (κ2) is 11.6. The predicted molar refractivity (Wildman–Crippen MR) is 148 cm³/mol. The first-order chi connectivity index (χ1) is 17.7. The number of anilines is 2. The van der Waals surface area contributed by atoms with Gasteiger partial charge in [0.05, 0.1) is 24.2 Å². The minimum absolute atomic E-state index is 0.176. The van der Waals surface area contributed by atoms with E-state index in [9.17, 15) is 14.0 Å². The molecule has 0 bridgehead atoms. The molecule has 192 valence electrons. The van der Waals surface area contributed by atoms with Crippen LogP contribution in [-0.4, -0.2) is 41.5 Å². The zero-order chi connectivity index (χ0) is 26.7. The van der Waals surface area contributed by atoms with Gasteiger partial charge in [-0.15, -0.1) is 0 Å². The van der Waals surface area contributed by atoms with Crippen LogP contribution in [0.4, 0.5) is 15.8 Å². The molecular formula is C26H21Cl3FN3O3S. The quantitative estimate of drug-likeness (QED) is 0.314. The van der Waals surface area contributed by atoms with Crippen LogP contribution in [0.5, 0.6) is 5.75 Å². The van der Waals surface area contributed by atoms with Crippen LogP contribution in [0.15, 0.2) is 60.7 Å². The van der Waals surface area contributed by atoms with Crippen molar-refractivity contribution in [2.75, 3.05) is 23.9 Å². The third kappa shape index (κ3) is 6.15. The van der Waals surface area contributed by atoms with E-state index in [4.69, 9.17) is 51.8 Å².